The Hall–Kier alpha value is -4.56. The van der Waals surface area contributed by atoms with Gasteiger partial charge in [-0.25, -0.2) is 14.0 Å². The van der Waals surface area contributed by atoms with Gasteiger partial charge in [0.05, 0.1) is 36.1 Å². The number of aromatic nitrogens is 3. The number of hydrogen-bond acceptors (Lipinski definition) is 10. The maximum atomic E-state index is 14.2. The van der Waals surface area contributed by atoms with Crippen molar-refractivity contribution in [3.63, 3.8) is 0 Å². The van der Waals surface area contributed by atoms with Crippen molar-refractivity contribution in [2.24, 2.45) is 0 Å². The second-order valence-corrected chi connectivity index (χ2v) is 12.0. The summed E-state index contributed by atoms with van der Waals surface area (Å²) in [7, 11) is 0. The van der Waals surface area contributed by atoms with Gasteiger partial charge in [-0.15, -0.1) is 21.5 Å². The summed E-state index contributed by atoms with van der Waals surface area (Å²) in [5.74, 6) is -2.63. The van der Waals surface area contributed by atoms with Crippen molar-refractivity contribution in [2.45, 2.75) is 51.6 Å². The summed E-state index contributed by atoms with van der Waals surface area (Å²) in [4.78, 5) is 51.6. The molecule has 14 heteroatoms. The first kappa shape index (κ1) is 33.3. The molecule has 0 radical (unpaired) electrons. The molecular weight excluding hydrogens is 622 g/mol. The van der Waals surface area contributed by atoms with Crippen LogP contribution >= 0.6 is 23.1 Å². The fourth-order valence-electron chi connectivity index (χ4n) is 4.28. The van der Waals surface area contributed by atoms with Crippen molar-refractivity contribution >= 4 is 51.9 Å². The quantitative estimate of drug-likeness (QED) is 0.150. The molecule has 0 saturated heterocycles. The van der Waals surface area contributed by atoms with Gasteiger partial charge in [0.2, 0.25) is 5.91 Å². The number of hydrogen-bond donors (Lipinski definition) is 2. The zero-order valence-corrected chi connectivity index (χ0v) is 26.9. The van der Waals surface area contributed by atoms with E-state index < -0.39 is 34.8 Å². The van der Waals surface area contributed by atoms with E-state index in [-0.39, 0.29) is 40.8 Å². The van der Waals surface area contributed by atoms with Gasteiger partial charge in [0, 0.05) is 5.69 Å². The van der Waals surface area contributed by atoms with E-state index in [1.165, 1.54) is 18.2 Å². The monoisotopic (exact) mass is 653 g/mol. The first-order chi connectivity index (χ1) is 21.5. The van der Waals surface area contributed by atoms with Crippen LogP contribution in [0.25, 0.3) is 5.69 Å². The number of carbonyl (C=O) groups is 4. The molecular formula is C31H32FN5O6S2. The Morgan fingerprint density at radius 3 is 2.40 bits per heavy atom. The number of ether oxygens (including phenoxy) is 2. The van der Waals surface area contributed by atoms with E-state index in [1.54, 1.807) is 38.3 Å². The molecule has 2 aromatic heterocycles. The van der Waals surface area contributed by atoms with E-state index >= 15 is 0 Å². The number of nitrogens with zero attached hydrogens (tertiary/aromatic N) is 3. The third-order valence-corrected chi connectivity index (χ3v) is 8.69. The number of esters is 2. The van der Waals surface area contributed by atoms with Gasteiger partial charge in [-0.2, -0.15) is 0 Å². The number of aryl methyl sites for hydroxylation is 1. The number of halogens is 1. The molecule has 0 aliphatic heterocycles. The Balaban J connectivity index is 1.59. The van der Waals surface area contributed by atoms with Crippen LogP contribution in [0.4, 0.5) is 9.39 Å². The molecule has 2 aromatic carbocycles. The van der Waals surface area contributed by atoms with Gasteiger partial charge >= 0.3 is 11.9 Å². The number of benzene rings is 2. The molecule has 0 fully saturated rings. The first-order valence-corrected chi connectivity index (χ1v) is 15.7. The lowest BCUT2D eigenvalue weighted by molar-refractivity contribution is -0.115. The smallest absolute Gasteiger partial charge is 0.348 e. The third-order valence-electron chi connectivity index (χ3n) is 6.46. The van der Waals surface area contributed by atoms with Crippen LogP contribution in [-0.4, -0.2) is 57.0 Å². The summed E-state index contributed by atoms with van der Waals surface area (Å²) < 4.78 is 26.2. The van der Waals surface area contributed by atoms with E-state index in [9.17, 15) is 23.6 Å². The molecule has 1 atom stereocenters. The number of nitrogens with one attached hydrogen (secondary N) is 2. The van der Waals surface area contributed by atoms with Gasteiger partial charge in [0.1, 0.15) is 15.7 Å². The molecule has 11 nitrogen and oxygen atoms in total. The molecule has 0 unspecified atom stereocenters. The fourth-order valence-corrected chi connectivity index (χ4v) is 6.26. The maximum Gasteiger partial charge on any atom is 0.348 e. The third kappa shape index (κ3) is 7.75. The highest BCUT2D eigenvalue weighted by Gasteiger charge is 2.29. The molecule has 0 aliphatic rings. The summed E-state index contributed by atoms with van der Waals surface area (Å²) in [5, 5.41) is 13.8. The zero-order chi connectivity index (χ0) is 32.7. The van der Waals surface area contributed by atoms with E-state index in [4.69, 9.17) is 9.47 Å². The lowest BCUT2D eigenvalue weighted by Gasteiger charge is -2.15. The Labute approximate surface area is 267 Å². The normalized spacial score (nSPS) is 11.5. The van der Waals surface area contributed by atoms with E-state index in [0.29, 0.717) is 22.2 Å². The van der Waals surface area contributed by atoms with Gasteiger partial charge in [-0.3, -0.25) is 14.2 Å². The Bertz CT molecular complexity index is 1740. The van der Waals surface area contributed by atoms with Gasteiger partial charge < -0.3 is 20.1 Å². The summed E-state index contributed by atoms with van der Waals surface area (Å²) >= 11 is 2.04. The molecule has 2 heterocycles. The van der Waals surface area contributed by atoms with Gasteiger partial charge in [0.15, 0.2) is 11.0 Å². The lowest BCUT2D eigenvalue weighted by atomic mass is 10.1. The molecule has 2 N–H and O–H groups in total. The number of thioether (sulfide) groups is 1. The molecule has 45 heavy (non-hydrogen) atoms. The summed E-state index contributed by atoms with van der Waals surface area (Å²) in [6.45, 7) is 8.70. The van der Waals surface area contributed by atoms with Crippen LogP contribution in [0.1, 0.15) is 68.1 Å². The van der Waals surface area contributed by atoms with Crippen molar-refractivity contribution in [3.05, 3.63) is 87.3 Å². The molecule has 0 bridgehead atoms. The van der Waals surface area contributed by atoms with Crippen molar-refractivity contribution in [3.8, 4) is 5.69 Å². The summed E-state index contributed by atoms with van der Waals surface area (Å²) in [6.07, 6.45) is 0. The van der Waals surface area contributed by atoms with Crippen LogP contribution in [0.2, 0.25) is 0 Å². The lowest BCUT2D eigenvalue weighted by Crippen LogP contribution is -2.26. The average Bonchev–Trinajstić information content (AvgIpc) is 3.56. The minimum atomic E-state index is -0.748. The van der Waals surface area contributed by atoms with Crippen molar-refractivity contribution in [1.82, 2.24) is 20.1 Å². The number of rotatable bonds is 12. The molecule has 2 amide bonds. The Kier molecular flexibility index (Phi) is 11.1. The maximum absolute atomic E-state index is 14.2. The van der Waals surface area contributed by atoms with Crippen LogP contribution in [0.3, 0.4) is 0 Å². The van der Waals surface area contributed by atoms with Crippen LogP contribution < -0.4 is 10.6 Å². The van der Waals surface area contributed by atoms with Crippen molar-refractivity contribution in [2.75, 3.05) is 18.5 Å². The first-order valence-electron chi connectivity index (χ1n) is 14.0. The summed E-state index contributed by atoms with van der Waals surface area (Å²) in [5.41, 5.74) is 2.00. The molecule has 4 rings (SSSR count). The van der Waals surface area contributed by atoms with Crippen molar-refractivity contribution < 1.29 is 33.0 Å². The number of amides is 2. The largest absolute Gasteiger partial charge is 0.462 e. The van der Waals surface area contributed by atoms with Crippen LogP contribution in [0, 0.1) is 19.7 Å². The summed E-state index contributed by atoms with van der Waals surface area (Å²) in [6, 6.07) is 13.2. The van der Waals surface area contributed by atoms with Crippen molar-refractivity contribution in [1.29, 1.82) is 0 Å². The predicted octanol–water partition coefficient (Wildman–Crippen LogP) is 5.49. The standard InChI is InChI=1S/C31H32FN5O6S2/c1-6-42-29(40)24-18(4)25(30(41)43-7-2)45-28(24)34-26(38)19(5)44-31-36-35-23(37(31)20-12-10-11-17(3)15-20)16-33-27(39)21-13-8-9-14-22(21)32/h8-15,19H,6-7,16H2,1-5H3,(H,33,39)(H,34,38)/t19-/m0/s1. The highest BCUT2D eigenvalue weighted by molar-refractivity contribution is 8.00. The minimum Gasteiger partial charge on any atom is -0.462 e. The Morgan fingerprint density at radius 1 is 1.00 bits per heavy atom. The molecule has 0 aliphatic carbocycles. The highest BCUT2D eigenvalue weighted by Crippen LogP contribution is 2.35. The van der Waals surface area contributed by atoms with E-state index in [1.807, 2.05) is 31.2 Å². The molecule has 236 valence electrons. The second kappa shape index (κ2) is 14.9. The van der Waals surface area contributed by atoms with E-state index in [0.717, 1.165) is 28.7 Å². The van der Waals surface area contributed by atoms with Gasteiger partial charge in [-0.05, 0) is 70.0 Å². The average molecular weight is 654 g/mol. The Morgan fingerprint density at radius 2 is 1.71 bits per heavy atom. The van der Waals surface area contributed by atoms with Crippen LogP contribution in [0.15, 0.2) is 53.7 Å². The SMILES string of the molecule is CCOC(=O)c1sc(NC(=O)[C@H](C)Sc2nnc(CNC(=O)c3ccccc3F)n2-c2cccc(C)c2)c(C(=O)OCC)c1C. The number of anilines is 1. The van der Waals surface area contributed by atoms with Crippen LogP contribution in [0.5, 0.6) is 0 Å². The van der Waals surface area contributed by atoms with Crippen LogP contribution in [-0.2, 0) is 20.8 Å². The van der Waals surface area contributed by atoms with Gasteiger partial charge in [-0.1, -0.05) is 36.0 Å². The topological polar surface area (TPSA) is 142 Å². The number of carbonyl (C=O) groups excluding carboxylic acids is 4. The molecule has 0 saturated carbocycles. The number of thiophene rings is 1. The second-order valence-electron chi connectivity index (χ2n) is 9.69. The predicted molar refractivity (Wildman–Crippen MR) is 169 cm³/mol. The fraction of sp³-hybridized carbons (Fsp3) is 0.290. The van der Waals surface area contributed by atoms with Gasteiger partial charge in [0.25, 0.3) is 5.91 Å². The molecule has 4 aromatic rings. The zero-order valence-electron chi connectivity index (χ0n) is 25.3. The highest BCUT2D eigenvalue weighted by atomic mass is 32.2. The molecule has 0 spiro atoms. The minimum absolute atomic E-state index is 0.0662. The van der Waals surface area contributed by atoms with E-state index in [2.05, 4.69) is 20.8 Å².